The third-order valence-electron chi connectivity index (χ3n) is 5.72. The molecule has 0 saturated carbocycles. The number of nitrogens with zero attached hydrogens (tertiary/aromatic N) is 4. The lowest BCUT2D eigenvalue weighted by atomic mass is 9.89. The smallest absolute Gasteiger partial charge is 0.263 e. The zero-order valence-corrected chi connectivity index (χ0v) is 19.5. The summed E-state index contributed by atoms with van der Waals surface area (Å²) in [4.78, 5) is 20.4. The number of aromatic nitrogens is 4. The minimum absolute atomic E-state index is 0.0275. The van der Waals surface area contributed by atoms with E-state index in [0.717, 1.165) is 35.0 Å². The second-order valence-electron chi connectivity index (χ2n) is 8.17. The summed E-state index contributed by atoms with van der Waals surface area (Å²) in [5.74, 6) is 2.22. The first kappa shape index (κ1) is 21.2. The summed E-state index contributed by atoms with van der Waals surface area (Å²) in [6.45, 7) is 6.53. The maximum Gasteiger partial charge on any atom is 0.263 e. The Morgan fingerprint density at radius 3 is 2.91 bits per heavy atom. The van der Waals surface area contributed by atoms with Crippen molar-refractivity contribution in [3.63, 3.8) is 0 Å². The van der Waals surface area contributed by atoms with Gasteiger partial charge in [0, 0.05) is 11.4 Å². The largest absolute Gasteiger partial charge is 0.424 e. The molecule has 0 N–H and O–H groups in total. The van der Waals surface area contributed by atoms with Gasteiger partial charge in [-0.15, -0.1) is 28.1 Å². The molecule has 0 saturated heterocycles. The molecular formula is C24H24N4O2S2. The summed E-state index contributed by atoms with van der Waals surface area (Å²) in [7, 11) is 0. The van der Waals surface area contributed by atoms with Crippen molar-refractivity contribution in [3.05, 3.63) is 81.1 Å². The number of thioether (sulfide) groups is 1. The summed E-state index contributed by atoms with van der Waals surface area (Å²) in [5.41, 5.74) is 2.36. The van der Waals surface area contributed by atoms with Gasteiger partial charge in [0.05, 0.1) is 17.6 Å². The van der Waals surface area contributed by atoms with E-state index in [0.29, 0.717) is 41.6 Å². The topological polar surface area (TPSA) is 73.8 Å². The molecule has 164 valence electrons. The monoisotopic (exact) mass is 464 g/mol. The molecule has 0 radical (unpaired) electrons. The van der Waals surface area contributed by atoms with E-state index in [1.165, 1.54) is 22.2 Å². The van der Waals surface area contributed by atoms with Gasteiger partial charge in [0.15, 0.2) is 5.16 Å². The molecule has 3 aromatic heterocycles. The number of fused-ring (bicyclic) bond motifs is 3. The van der Waals surface area contributed by atoms with Crippen molar-refractivity contribution >= 4 is 33.3 Å². The molecule has 1 atom stereocenters. The van der Waals surface area contributed by atoms with Crippen LogP contribution in [0.15, 0.2) is 57.4 Å². The summed E-state index contributed by atoms with van der Waals surface area (Å²) in [5, 5.41) is 9.81. The van der Waals surface area contributed by atoms with Gasteiger partial charge in [0.25, 0.3) is 5.56 Å². The lowest BCUT2D eigenvalue weighted by molar-refractivity contribution is 0.473. The average Bonchev–Trinajstić information content (AvgIpc) is 3.38. The third kappa shape index (κ3) is 4.17. The van der Waals surface area contributed by atoms with E-state index in [-0.39, 0.29) is 5.56 Å². The number of allylic oxidation sites excluding steroid dienone is 1. The van der Waals surface area contributed by atoms with Crippen LogP contribution in [0.25, 0.3) is 10.2 Å². The highest BCUT2D eigenvalue weighted by atomic mass is 32.2. The zero-order chi connectivity index (χ0) is 22.1. The van der Waals surface area contributed by atoms with Crippen molar-refractivity contribution in [1.29, 1.82) is 0 Å². The van der Waals surface area contributed by atoms with Gasteiger partial charge in [-0.25, -0.2) is 4.98 Å². The molecule has 0 fully saturated rings. The first-order valence-electron chi connectivity index (χ1n) is 10.8. The fourth-order valence-corrected chi connectivity index (χ4v) is 6.39. The predicted molar refractivity (Wildman–Crippen MR) is 128 cm³/mol. The van der Waals surface area contributed by atoms with Crippen molar-refractivity contribution in [1.82, 2.24) is 19.7 Å². The van der Waals surface area contributed by atoms with Crippen molar-refractivity contribution in [2.45, 2.75) is 50.1 Å². The molecule has 3 heterocycles. The van der Waals surface area contributed by atoms with Crippen molar-refractivity contribution < 1.29 is 4.42 Å². The molecule has 4 aromatic rings. The van der Waals surface area contributed by atoms with Gasteiger partial charge in [-0.05, 0) is 36.3 Å². The number of thiophene rings is 1. The Morgan fingerprint density at radius 1 is 1.28 bits per heavy atom. The zero-order valence-electron chi connectivity index (χ0n) is 17.9. The van der Waals surface area contributed by atoms with Gasteiger partial charge < -0.3 is 4.42 Å². The highest BCUT2D eigenvalue weighted by molar-refractivity contribution is 7.98. The molecule has 1 aliphatic carbocycles. The molecular weight excluding hydrogens is 440 g/mol. The first-order chi connectivity index (χ1) is 15.6. The van der Waals surface area contributed by atoms with Crippen LogP contribution in [-0.2, 0) is 31.6 Å². The van der Waals surface area contributed by atoms with Gasteiger partial charge in [0.1, 0.15) is 4.83 Å². The molecule has 1 aliphatic rings. The lowest BCUT2D eigenvalue weighted by Gasteiger charge is -2.17. The summed E-state index contributed by atoms with van der Waals surface area (Å²) in [6, 6.07) is 10.0. The third-order valence-corrected chi connectivity index (χ3v) is 7.83. The van der Waals surface area contributed by atoms with E-state index in [1.807, 2.05) is 30.3 Å². The number of aryl methyl sites for hydroxylation is 1. The van der Waals surface area contributed by atoms with Crippen LogP contribution < -0.4 is 5.56 Å². The van der Waals surface area contributed by atoms with Crippen LogP contribution in [0.4, 0.5) is 0 Å². The summed E-state index contributed by atoms with van der Waals surface area (Å²) >= 11 is 3.12. The van der Waals surface area contributed by atoms with Crippen LogP contribution in [0, 0.1) is 5.92 Å². The summed E-state index contributed by atoms with van der Waals surface area (Å²) < 4.78 is 7.54. The summed E-state index contributed by atoms with van der Waals surface area (Å²) in [6.07, 6.45) is 5.46. The van der Waals surface area contributed by atoms with Crippen LogP contribution >= 0.6 is 23.1 Å². The van der Waals surface area contributed by atoms with Crippen molar-refractivity contribution in [2.24, 2.45) is 5.92 Å². The molecule has 0 aliphatic heterocycles. The SMILES string of the molecule is C=CCn1c(SCc2nnc(Cc3ccccc3)o2)nc2sc3c(c2c1=O)CCC(C)C3. The maximum absolute atomic E-state index is 13.4. The Hall–Kier alpha value is -2.71. The Kier molecular flexibility index (Phi) is 5.97. The quantitative estimate of drug-likeness (QED) is 0.217. The number of hydrogen-bond donors (Lipinski definition) is 0. The van der Waals surface area contributed by atoms with E-state index in [9.17, 15) is 4.79 Å². The standard InChI is InChI=1S/C24H24N4O2S2/c1-3-11-28-23(29)21-17-10-9-15(2)12-18(17)32-22(21)25-24(28)31-14-20-27-26-19(30-20)13-16-7-5-4-6-8-16/h3-8,15H,1,9-14H2,2H3. The van der Waals surface area contributed by atoms with E-state index >= 15 is 0 Å². The van der Waals surface area contributed by atoms with Gasteiger partial charge >= 0.3 is 0 Å². The minimum Gasteiger partial charge on any atom is -0.424 e. The number of hydrogen-bond acceptors (Lipinski definition) is 7. The molecule has 1 unspecified atom stereocenters. The van der Waals surface area contributed by atoms with Gasteiger partial charge in [-0.1, -0.05) is 55.1 Å². The molecule has 1 aromatic carbocycles. The Bertz CT molecular complexity index is 1320. The average molecular weight is 465 g/mol. The highest BCUT2D eigenvalue weighted by Gasteiger charge is 2.24. The van der Waals surface area contributed by atoms with Crippen LogP contribution in [0.5, 0.6) is 0 Å². The number of benzene rings is 1. The molecule has 32 heavy (non-hydrogen) atoms. The minimum atomic E-state index is 0.0275. The molecule has 8 heteroatoms. The van der Waals surface area contributed by atoms with E-state index < -0.39 is 0 Å². The fraction of sp³-hybridized carbons (Fsp3) is 0.333. The second-order valence-corrected chi connectivity index (χ2v) is 10.2. The van der Waals surface area contributed by atoms with Crippen LogP contribution in [0.2, 0.25) is 0 Å². The van der Waals surface area contributed by atoms with Crippen LogP contribution in [0.3, 0.4) is 0 Å². The van der Waals surface area contributed by atoms with E-state index in [2.05, 4.69) is 23.7 Å². The first-order valence-corrected chi connectivity index (χ1v) is 12.6. The van der Waals surface area contributed by atoms with Crippen molar-refractivity contribution in [3.8, 4) is 0 Å². The second kappa shape index (κ2) is 9.03. The molecule has 5 rings (SSSR count). The predicted octanol–water partition coefficient (Wildman–Crippen LogP) is 5.03. The Morgan fingerprint density at radius 2 is 2.09 bits per heavy atom. The maximum atomic E-state index is 13.4. The van der Waals surface area contributed by atoms with Crippen LogP contribution in [-0.4, -0.2) is 19.7 Å². The lowest BCUT2D eigenvalue weighted by Crippen LogP contribution is -2.23. The Labute approximate surface area is 194 Å². The van der Waals surface area contributed by atoms with Gasteiger partial charge in [-0.3, -0.25) is 9.36 Å². The van der Waals surface area contributed by atoms with Crippen molar-refractivity contribution in [2.75, 3.05) is 0 Å². The molecule has 0 bridgehead atoms. The van der Waals surface area contributed by atoms with Crippen LogP contribution in [0.1, 0.15) is 41.1 Å². The number of rotatable bonds is 7. The van der Waals surface area contributed by atoms with Gasteiger partial charge in [0.2, 0.25) is 11.8 Å². The highest BCUT2D eigenvalue weighted by Crippen LogP contribution is 2.36. The normalized spacial score (nSPS) is 15.7. The molecule has 6 nitrogen and oxygen atoms in total. The Balaban J connectivity index is 1.41. The fourth-order valence-electron chi connectivity index (χ4n) is 4.12. The van der Waals surface area contributed by atoms with E-state index in [4.69, 9.17) is 9.40 Å². The van der Waals surface area contributed by atoms with E-state index in [1.54, 1.807) is 22.0 Å². The molecule has 0 spiro atoms. The van der Waals surface area contributed by atoms with Gasteiger partial charge in [-0.2, -0.15) is 0 Å². The molecule has 0 amide bonds.